The van der Waals surface area contributed by atoms with Crippen LogP contribution in [0.3, 0.4) is 0 Å². The molecule has 0 aromatic carbocycles. The Morgan fingerprint density at radius 3 is 0.833 bits per heavy atom. The fraction of sp³-hybridized carbons (Fsp3) is 0.761. The summed E-state index contributed by atoms with van der Waals surface area (Å²) < 4.78 is 34.9. The van der Waals surface area contributed by atoms with Crippen LogP contribution in [0.4, 0.5) is 0 Å². The van der Waals surface area contributed by atoms with Crippen molar-refractivity contribution < 1.29 is 42.1 Å². The minimum Gasteiger partial charge on any atom is -0.462 e. The highest BCUT2D eigenvalue weighted by atomic mass is 31.2. The van der Waals surface area contributed by atoms with Gasteiger partial charge >= 0.3 is 19.8 Å². The van der Waals surface area contributed by atoms with Crippen molar-refractivity contribution >= 4 is 19.8 Å². The number of esters is 2. The minimum atomic E-state index is -4.40. The van der Waals surface area contributed by atoms with Crippen molar-refractivity contribution in [2.24, 2.45) is 0 Å². The fourth-order valence-corrected chi connectivity index (χ4v) is 13.2. The summed E-state index contributed by atoms with van der Waals surface area (Å²) in [6.45, 7) is 4.36. The summed E-state index contributed by atoms with van der Waals surface area (Å²) in [7, 11) is 1.49. The number of carbonyl (C=O) groups is 2. The average Bonchev–Trinajstić information content (AvgIpc) is 0.914. The maximum absolute atomic E-state index is 12.9. The Morgan fingerprint density at radius 1 is 0.314 bits per heavy atom. The number of hydrogen-bond donors (Lipinski definition) is 1. The summed E-state index contributed by atoms with van der Waals surface area (Å²) in [6.07, 6.45) is 118. The summed E-state index contributed by atoms with van der Waals surface area (Å²) in [4.78, 5) is 36.1. The Balaban J connectivity index is 3.91. The molecule has 0 bridgehead atoms. The van der Waals surface area contributed by atoms with Gasteiger partial charge in [0.2, 0.25) is 0 Å². The second kappa shape index (κ2) is 81.5. The molecule has 0 heterocycles. The monoisotopic (exact) mass is 1440 g/mol. The van der Waals surface area contributed by atoms with E-state index in [1.54, 1.807) is 0 Å². The van der Waals surface area contributed by atoms with Gasteiger partial charge in [0.15, 0.2) is 6.10 Å². The molecular formula is C92H165NO8P+. The number of unbranched alkanes of at least 4 members (excludes halogenated alkanes) is 46. The highest BCUT2D eigenvalue weighted by Gasteiger charge is 2.27. The molecule has 102 heavy (non-hydrogen) atoms. The van der Waals surface area contributed by atoms with Gasteiger partial charge in [-0.25, -0.2) is 4.57 Å². The van der Waals surface area contributed by atoms with E-state index in [-0.39, 0.29) is 25.6 Å². The maximum Gasteiger partial charge on any atom is 0.472 e. The summed E-state index contributed by atoms with van der Waals surface area (Å²) in [5.41, 5.74) is 0. The Hall–Kier alpha value is -3.59. The first kappa shape index (κ1) is 98.4. The summed E-state index contributed by atoms with van der Waals surface area (Å²) in [5, 5.41) is 0. The van der Waals surface area contributed by atoms with Gasteiger partial charge in [0, 0.05) is 12.8 Å². The lowest BCUT2D eigenvalue weighted by atomic mass is 10.0. The van der Waals surface area contributed by atoms with Gasteiger partial charge in [-0.3, -0.25) is 18.6 Å². The third-order valence-electron chi connectivity index (χ3n) is 19.0. The summed E-state index contributed by atoms with van der Waals surface area (Å²) in [6, 6.07) is 0. The molecule has 10 heteroatoms. The van der Waals surface area contributed by atoms with Crippen LogP contribution in [0.15, 0.2) is 122 Å². The molecule has 0 aromatic rings. The number of hydrogen-bond acceptors (Lipinski definition) is 7. The van der Waals surface area contributed by atoms with Crippen molar-refractivity contribution in [1.82, 2.24) is 0 Å². The molecule has 0 amide bonds. The molecular weight excluding hydrogens is 1280 g/mol. The molecule has 0 spiro atoms. The molecule has 0 aromatic heterocycles. The van der Waals surface area contributed by atoms with Crippen LogP contribution < -0.4 is 0 Å². The molecule has 0 rings (SSSR count). The molecule has 0 aliphatic heterocycles. The summed E-state index contributed by atoms with van der Waals surface area (Å²) >= 11 is 0. The smallest absolute Gasteiger partial charge is 0.462 e. The number of ether oxygens (including phenoxy) is 2. The average molecular weight is 1440 g/mol. The molecule has 0 saturated heterocycles. The molecule has 590 valence electrons. The van der Waals surface area contributed by atoms with Crippen molar-refractivity contribution in [3.05, 3.63) is 122 Å². The van der Waals surface area contributed by atoms with Crippen molar-refractivity contribution in [3.8, 4) is 0 Å². The van der Waals surface area contributed by atoms with Gasteiger partial charge in [-0.2, -0.15) is 0 Å². The Morgan fingerprint density at radius 2 is 0.559 bits per heavy atom. The number of phosphoric ester groups is 1. The van der Waals surface area contributed by atoms with Crippen molar-refractivity contribution in [1.29, 1.82) is 0 Å². The molecule has 0 fully saturated rings. The van der Waals surface area contributed by atoms with E-state index in [4.69, 9.17) is 18.5 Å². The maximum atomic E-state index is 12.9. The largest absolute Gasteiger partial charge is 0.472 e. The van der Waals surface area contributed by atoms with Gasteiger partial charge in [-0.05, 0) is 109 Å². The van der Waals surface area contributed by atoms with Crippen LogP contribution in [0.5, 0.6) is 0 Å². The highest BCUT2D eigenvalue weighted by Crippen LogP contribution is 2.43. The number of nitrogens with zero attached hydrogens (tertiary/aromatic N) is 1. The predicted octanol–water partition coefficient (Wildman–Crippen LogP) is 29.3. The van der Waals surface area contributed by atoms with Gasteiger partial charge in [-0.15, -0.1) is 0 Å². The molecule has 0 saturated carbocycles. The first-order chi connectivity index (χ1) is 50.0. The van der Waals surface area contributed by atoms with Crippen molar-refractivity contribution in [3.63, 3.8) is 0 Å². The molecule has 0 aliphatic carbocycles. The van der Waals surface area contributed by atoms with Gasteiger partial charge in [0.25, 0.3) is 0 Å². The molecule has 2 unspecified atom stereocenters. The first-order valence-corrected chi connectivity index (χ1v) is 44.8. The van der Waals surface area contributed by atoms with Gasteiger partial charge in [-0.1, -0.05) is 399 Å². The lowest BCUT2D eigenvalue weighted by Gasteiger charge is -2.24. The molecule has 0 aliphatic rings. The van der Waals surface area contributed by atoms with E-state index in [1.807, 2.05) is 21.1 Å². The number of rotatable bonds is 80. The number of quaternary nitrogens is 1. The standard InChI is InChI=1S/C92H164NO8P/c1-6-8-10-12-14-16-18-20-22-24-26-28-30-32-34-36-38-40-42-44-46-48-50-52-54-56-58-60-62-64-66-68-70-72-74-76-78-80-82-84-91(94)98-88-90(89-100-102(96,97)99-87-86-93(3,4)5)101-92(95)85-83-81-79-77-75-73-71-69-67-65-63-61-59-57-55-53-51-49-47-45-43-41-39-37-35-33-31-29-27-25-23-21-19-17-15-13-11-9-7-2/h9,11,15,17-18,20-21,23-24,26-27,29-30,32-33,35,39,41,45,47,90H,6-8,10,12-14,16,19,22,25,28,31,34,36-38,40,42-44,46,48-89H2,1-5H3/p+1/b11-9-,17-15-,20-18-,23-21-,26-24-,29-27-,32-30-,35-33-,41-39-,47-45-. The van der Waals surface area contributed by atoms with Crippen molar-refractivity contribution in [2.75, 3.05) is 47.5 Å². The van der Waals surface area contributed by atoms with Crippen LogP contribution in [0.2, 0.25) is 0 Å². The van der Waals surface area contributed by atoms with E-state index in [9.17, 15) is 19.0 Å². The topological polar surface area (TPSA) is 108 Å². The quantitative estimate of drug-likeness (QED) is 0.0211. The highest BCUT2D eigenvalue weighted by molar-refractivity contribution is 7.47. The van der Waals surface area contributed by atoms with E-state index < -0.39 is 26.5 Å². The zero-order valence-electron chi connectivity index (χ0n) is 67.6. The predicted molar refractivity (Wildman–Crippen MR) is 445 cm³/mol. The second-order valence-electron chi connectivity index (χ2n) is 30.2. The molecule has 2 atom stereocenters. The fourth-order valence-electron chi connectivity index (χ4n) is 12.4. The van der Waals surface area contributed by atoms with Crippen LogP contribution in [-0.4, -0.2) is 74.9 Å². The number of carbonyl (C=O) groups excluding carboxylic acids is 2. The number of phosphoric acid groups is 1. The Labute approximate surface area is 632 Å². The Bertz CT molecular complexity index is 2140. The van der Waals surface area contributed by atoms with Gasteiger partial charge in [0.1, 0.15) is 19.8 Å². The molecule has 0 radical (unpaired) electrons. The lowest BCUT2D eigenvalue weighted by molar-refractivity contribution is -0.870. The molecule has 1 N–H and O–H groups in total. The Kier molecular flexibility index (Phi) is 78.6. The zero-order valence-corrected chi connectivity index (χ0v) is 68.5. The third kappa shape index (κ3) is 85.3. The minimum absolute atomic E-state index is 0.0307. The van der Waals surface area contributed by atoms with Crippen LogP contribution in [0.25, 0.3) is 0 Å². The molecule has 9 nitrogen and oxygen atoms in total. The zero-order chi connectivity index (χ0) is 74.0. The van der Waals surface area contributed by atoms with Crippen LogP contribution in [0.1, 0.15) is 399 Å². The van der Waals surface area contributed by atoms with E-state index in [0.717, 1.165) is 89.9 Å². The lowest BCUT2D eigenvalue weighted by Crippen LogP contribution is -2.37. The van der Waals surface area contributed by atoms with E-state index >= 15 is 0 Å². The van der Waals surface area contributed by atoms with E-state index in [1.165, 1.54) is 276 Å². The van der Waals surface area contributed by atoms with Crippen molar-refractivity contribution in [2.45, 2.75) is 405 Å². The third-order valence-corrected chi connectivity index (χ3v) is 20.0. The van der Waals surface area contributed by atoms with Gasteiger partial charge < -0.3 is 18.9 Å². The van der Waals surface area contributed by atoms with Crippen LogP contribution >= 0.6 is 7.82 Å². The SMILES string of the molecule is CC/C=C\C/C=C\C/C=C\C/C=C\C/C=C\C/C=C\C/C=C\CCCCCCCCCCCCCCCCCCCC(=O)OC(COC(=O)CCCCCCCCCCCCCCCCCCCCCCCCCC/C=C\C/C=C\C/C=C\CCCCCCC)COP(=O)(O)OCC[N+](C)(C)C. The summed E-state index contributed by atoms with van der Waals surface area (Å²) in [5.74, 6) is -0.781. The van der Waals surface area contributed by atoms with E-state index in [2.05, 4.69) is 135 Å². The number of likely N-dealkylation sites (N-methyl/N-ethyl adjacent to an activating group) is 1. The van der Waals surface area contributed by atoms with Crippen LogP contribution in [-0.2, 0) is 32.7 Å². The van der Waals surface area contributed by atoms with E-state index in [0.29, 0.717) is 23.9 Å². The van der Waals surface area contributed by atoms with Gasteiger partial charge in [0.05, 0.1) is 27.7 Å². The van der Waals surface area contributed by atoms with Crippen LogP contribution in [0, 0.1) is 0 Å². The normalized spacial score (nSPS) is 13.6. The second-order valence-corrected chi connectivity index (χ2v) is 31.6. The number of allylic oxidation sites excluding steroid dienone is 20. The first-order valence-electron chi connectivity index (χ1n) is 43.3.